The van der Waals surface area contributed by atoms with Crippen LogP contribution < -0.4 is 15.1 Å². The van der Waals surface area contributed by atoms with Gasteiger partial charge in [0, 0.05) is 86.5 Å². The summed E-state index contributed by atoms with van der Waals surface area (Å²) >= 11 is 0. The molecule has 9 nitrogen and oxygen atoms in total. The van der Waals surface area contributed by atoms with E-state index in [1.165, 1.54) is 0 Å². The third kappa shape index (κ3) is 7.07. The maximum absolute atomic E-state index is 13.3. The third-order valence-electron chi connectivity index (χ3n) is 8.37. The quantitative estimate of drug-likeness (QED) is 0.411. The molecule has 2 fully saturated rings. The van der Waals surface area contributed by atoms with Crippen LogP contribution >= 0.6 is 0 Å². The fourth-order valence-electron chi connectivity index (χ4n) is 5.95. The third-order valence-corrected chi connectivity index (χ3v) is 8.37. The molecule has 222 valence electrons. The topological polar surface area (TPSA) is 102 Å². The molecule has 0 aliphatic carbocycles. The van der Waals surface area contributed by atoms with Crippen molar-refractivity contribution >= 4 is 29.1 Å². The van der Waals surface area contributed by atoms with Crippen LogP contribution in [0.5, 0.6) is 0 Å². The van der Waals surface area contributed by atoms with Crippen molar-refractivity contribution in [3.05, 3.63) is 66.5 Å². The largest absolute Gasteiger partial charge is 0.393 e. The van der Waals surface area contributed by atoms with Crippen molar-refractivity contribution in [2.45, 2.75) is 58.6 Å². The summed E-state index contributed by atoms with van der Waals surface area (Å²) in [5, 5.41) is 12.8. The number of hydrogen-bond donors (Lipinski definition) is 2. The molecule has 0 radical (unpaired) electrons. The highest BCUT2D eigenvalue weighted by molar-refractivity contribution is 5.92. The number of nitrogens with zero attached hydrogens (tertiary/aromatic N) is 5. The lowest BCUT2D eigenvalue weighted by molar-refractivity contribution is -0.134. The van der Waals surface area contributed by atoms with Crippen molar-refractivity contribution in [2.75, 3.05) is 47.8 Å². The second-order valence-electron chi connectivity index (χ2n) is 11.8. The number of aliphatic hydroxyl groups excluding tert-OH is 1. The Labute approximate surface area is 248 Å². The Morgan fingerprint density at radius 2 is 1.64 bits per heavy atom. The molecule has 2 saturated heterocycles. The van der Waals surface area contributed by atoms with E-state index < -0.39 is 0 Å². The Kier molecular flexibility index (Phi) is 9.37. The minimum Gasteiger partial charge on any atom is -0.393 e. The summed E-state index contributed by atoms with van der Waals surface area (Å²) in [6.07, 6.45) is 5.67. The van der Waals surface area contributed by atoms with E-state index in [4.69, 9.17) is 0 Å². The summed E-state index contributed by atoms with van der Waals surface area (Å²) in [6, 6.07) is 16.0. The summed E-state index contributed by atoms with van der Waals surface area (Å²) < 4.78 is 0. The second-order valence-corrected chi connectivity index (χ2v) is 11.8. The fraction of sp³-hybridized carbons (Fsp3) is 0.455. The van der Waals surface area contributed by atoms with Gasteiger partial charge in [-0.2, -0.15) is 0 Å². The first-order valence-corrected chi connectivity index (χ1v) is 15.0. The standard InChI is InChI=1S/C33H42N6O3/c1-23(18-31(41)36-29-10-6-4-8-24(29)2)19-32(42)39-17-16-38(22-25(39)3)30-11-7-5-9-28(30)26-20-34-33(35-21-26)37-14-12-27(40)13-15-37/h4-11,20-21,23,25,27,40H,12-19,22H2,1-3H3,(H,36,41)/t23-,25?/m0/s1. The molecule has 2 aliphatic rings. The highest BCUT2D eigenvalue weighted by Gasteiger charge is 2.29. The highest BCUT2D eigenvalue weighted by Crippen LogP contribution is 2.32. The number of aryl methyl sites for hydroxylation is 1. The first-order valence-electron chi connectivity index (χ1n) is 15.0. The van der Waals surface area contributed by atoms with Crippen molar-refractivity contribution in [3.63, 3.8) is 0 Å². The first kappa shape index (κ1) is 29.5. The highest BCUT2D eigenvalue weighted by atomic mass is 16.3. The maximum Gasteiger partial charge on any atom is 0.225 e. The van der Waals surface area contributed by atoms with Gasteiger partial charge < -0.3 is 25.1 Å². The van der Waals surface area contributed by atoms with E-state index in [2.05, 4.69) is 44.1 Å². The average molecular weight is 571 g/mol. The Hall–Kier alpha value is -3.98. The number of amides is 2. The Bertz CT molecular complexity index is 1370. The molecule has 5 rings (SSSR count). The Morgan fingerprint density at radius 1 is 0.952 bits per heavy atom. The van der Waals surface area contributed by atoms with Crippen LogP contribution in [0.3, 0.4) is 0 Å². The molecule has 3 aromatic rings. The number of aromatic nitrogens is 2. The van der Waals surface area contributed by atoms with Gasteiger partial charge >= 0.3 is 0 Å². The van der Waals surface area contributed by atoms with Gasteiger partial charge in [0.05, 0.1) is 6.10 Å². The molecular formula is C33H42N6O3. The Balaban J connectivity index is 1.17. The average Bonchev–Trinajstić information content (AvgIpc) is 2.98. The van der Waals surface area contributed by atoms with Crippen molar-refractivity contribution in [1.82, 2.24) is 14.9 Å². The minimum absolute atomic E-state index is 0.0420. The number of para-hydroxylation sites is 2. The predicted octanol–water partition coefficient (Wildman–Crippen LogP) is 4.51. The van der Waals surface area contributed by atoms with E-state index in [0.29, 0.717) is 25.3 Å². The number of piperazine rings is 1. The van der Waals surface area contributed by atoms with Crippen LogP contribution in [0.1, 0.15) is 45.1 Å². The number of hydrogen-bond acceptors (Lipinski definition) is 7. The van der Waals surface area contributed by atoms with Crippen molar-refractivity contribution in [1.29, 1.82) is 0 Å². The van der Waals surface area contributed by atoms with E-state index in [1.807, 2.05) is 67.5 Å². The summed E-state index contributed by atoms with van der Waals surface area (Å²) in [6.45, 7) is 9.63. The second kappa shape index (κ2) is 13.3. The SMILES string of the molecule is Cc1ccccc1NC(=O)C[C@H](C)CC(=O)N1CCN(c2ccccc2-c2cnc(N3CCC(O)CC3)nc2)CC1C. The van der Waals surface area contributed by atoms with Gasteiger partial charge in [-0.05, 0) is 50.3 Å². The van der Waals surface area contributed by atoms with E-state index in [1.54, 1.807) is 0 Å². The van der Waals surface area contributed by atoms with Crippen molar-refractivity contribution < 1.29 is 14.7 Å². The molecule has 2 atom stereocenters. The predicted molar refractivity (Wildman–Crippen MR) is 167 cm³/mol. The van der Waals surface area contributed by atoms with E-state index in [0.717, 1.165) is 67.1 Å². The van der Waals surface area contributed by atoms with Crippen LogP contribution in [0.25, 0.3) is 11.1 Å². The molecule has 2 amide bonds. The molecule has 9 heteroatoms. The van der Waals surface area contributed by atoms with Crippen LogP contribution in [0.4, 0.5) is 17.3 Å². The summed E-state index contributed by atoms with van der Waals surface area (Å²) in [4.78, 5) is 41.6. The van der Waals surface area contributed by atoms with Crippen LogP contribution in [0.2, 0.25) is 0 Å². The number of carbonyl (C=O) groups excluding carboxylic acids is 2. The van der Waals surface area contributed by atoms with Crippen LogP contribution in [-0.2, 0) is 9.59 Å². The maximum atomic E-state index is 13.3. The molecule has 0 saturated carbocycles. The molecule has 2 aromatic carbocycles. The number of piperidine rings is 1. The number of anilines is 3. The van der Waals surface area contributed by atoms with Gasteiger partial charge in [0.1, 0.15) is 0 Å². The number of carbonyl (C=O) groups is 2. The van der Waals surface area contributed by atoms with Gasteiger partial charge in [0.2, 0.25) is 17.8 Å². The lowest BCUT2D eigenvalue weighted by Gasteiger charge is -2.42. The zero-order valence-electron chi connectivity index (χ0n) is 24.9. The molecular weight excluding hydrogens is 528 g/mol. The minimum atomic E-state index is -0.232. The molecule has 2 aliphatic heterocycles. The van der Waals surface area contributed by atoms with Crippen LogP contribution in [0, 0.1) is 12.8 Å². The van der Waals surface area contributed by atoms with Crippen LogP contribution in [-0.4, -0.2) is 76.7 Å². The van der Waals surface area contributed by atoms with Gasteiger partial charge in [-0.1, -0.05) is 43.3 Å². The lowest BCUT2D eigenvalue weighted by atomic mass is 10.0. The number of aliphatic hydroxyl groups is 1. The van der Waals surface area contributed by atoms with Gasteiger partial charge in [0.15, 0.2) is 0 Å². The van der Waals surface area contributed by atoms with E-state index >= 15 is 0 Å². The van der Waals surface area contributed by atoms with Gasteiger partial charge in [0.25, 0.3) is 0 Å². The summed E-state index contributed by atoms with van der Waals surface area (Å²) in [5.41, 5.74) is 4.96. The molecule has 0 spiro atoms. The Morgan fingerprint density at radius 3 is 2.36 bits per heavy atom. The molecule has 42 heavy (non-hydrogen) atoms. The molecule has 1 unspecified atom stereocenters. The number of rotatable bonds is 8. The van der Waals surface area contributed by atoms with Crippen LogP contribution in [0.15, 0.2) is 60.9 Å². The van der Waals surface area contributed by atoms with Crippen molar-refractivity contribution in [2.24, 2.45) is 5.92 Å². The monoisotopic (exact) mass is 570 g/mol. The summed E-state index contributed by atoms with van der Waals surface area (Å²) in [7, 11) is 0. The fourth-order valence-corrected chi connectivity index (χ4v) is 5.95. The molecule has 2 N–H and O–H groups in total. The van der Waals surface area contributed by atoms with Gasteiger partial charge in [-0.3, -0.25) is 9.59 Å². The smallest absolute Gasteiger partial charge is 0.225 e. The van der Waals surface area contributed by atoms with Gasteiger partial charge in [-0.15, -0.1) is 0 Å². The summed E-state index contributed by atoms with van der Waals surface area (Å²) in [5.74, 6) is 0.683. The van der Waals surface area contributed by atoms with E-state index in [-0.39, 0.29) is 29.9 Å². The molecule has 3 heterocycles. The normalized spacial score (nSPS) is 18.6. The van der Waals surface area contributed by atoms with E-state index in [9.17, 15) is 14.7 Å². The number of benzene rings is 2. The zero-order chi connectivity index (χ0) is 29.6. The number of nitrogens with one attached hydrogen (secondary N) is 1. The lowest BCUT2D eigenvalue weighted by Crippen LogP contribution is -2.54. The zero-order valence-corrected chi connectivity index (χ0v) is 24.9. The molecule has 0 bridgehead atoms. The molecule has 1 aromatic heterocycles. The van der Waals surface area contributed by atoms with Gasteiger partial charge in [-0.25, -0.2) is 9.97 Å². The first-order chi connectivity index (χ1) is 20.3. The van der Waals surface area contributed by atoms with Crippen molar-refractivity contribution in [3.8, 4) is 11.1 Å².